The molecule has 0 aliphatic rings. The summed E-state index contributed by atoms with van der Waals surface area (Å²) in [6, 6.07) is 16.9. The average molecular weight is 559 g/mol. The van der Waals surface area contributed by atoms with E-state index < -0.39 is 23.3 Å². The highest BCUT2D eigenvalue weighted by Gasteiger charge is 2.36. The lowest BCUT2D eigenvalue weighted by atomic mass is 9.81. The number of halogens is 1. The van der Waals surface area contributed by atoms with Gasteiger partial charge in [-0.05, 0) is 62.4 Å². The molecule has 0 spiro atoms. The van der Waals surface area contributed by atoms with E-state index in [9.17, 15) is 14.0 Å². The third-order valence-corrected chi connectivity index (χ3v) is 6.32. The SMILES string of the molecule is COc1cc(OC)cc(N(C(=O)C#Cc2ccc(F)cc2)C(C(=O)NC(C)(C)CC(C)(C)C)c2ccc(C)cc2)c1. The summed E-state index contributed by atoms with van der Waals surface area (Å²) >= 11 is 0. The molecule has 1 unspecified atom stereocenters. The van der Waals surface area contributed by atoms with Crippen LogP contribution in [0, 0.1) is 30.0 Å². The van der Waals surface area contributed by atoms with Gasteiger partial charge in [-0.3, -0.25) is 14.5 Å². The van der Waals surface area contributed by atoms with E-state index >= 15 is 0 Å². The van der Waals surface area contributed by atoms with Crippen molar-refractivity contribution in [2.45, 2.75) is 59.5 Å². The topological polar surface area (TPSA) is 67.9 Å². The maximum Gasteiger partial charge on any atom is 0.304 e. The van der Waals surface area contributed by atoms with Gasteiger partial charge in [0.1, 0.15) is 23.4 Å². The minimum atomic E-state index is -1.07. The first-order chi connectivity index (χ1) is 19.2. The third-order valence-electron chi connectivity index (χ3n) is 6.32. The van der Waals surface area contributed by atoms with E-state index in [0.717, 1.165) is 5.56 Å². The van der Waals surface area contributed by atoms with E-state index in [1.807, 2.05) is 45.0 Å². The van der Waals surface area contributed by atoms with Gasteiger partial charge in [-0.1, -0.05) is 56.5 Å². The first-order valence-corrected chi connectivity index (χ1v) is 13.4. The van der Waals surface area contributed by atoms with Crippen LogP contribution in [0.15, 0.2) is 66.7 Å². The molecule has 0 saturated carbocycles. The Morgan fingerprint density at radius 2 is 1.46 bits per heavy atom. The predicted molar refractivity (Wildman–Crippen MR) is 161 cm³/mol. The molecule has 41 heavy (non-hydrogen) atoms. The first-order valence-electron chi connectivity index (χ1n) is 13.4. The summed E-state index contributed by atoms with van der Waals surface area (Å²) in [6.07, 6.45) is 0.706. The average Bonchev–Trinajstić information content (AvgIpc) is 2.89. The molecule has 6 nitrogen and oxygen atoms in total. The summed E-state index contributed by atoms with van der Waals surface area (Å²) in [5, 5.41) is 3.18. The zero-order chi connectivity index (χ0) is 30.4. The van der Waals surface area contributed by atoms with Gasteiger partial charge in [0.25, 0.3) is 0 Å². The normalized spacial score (nSPS) is 12.0. The smallest absolute Gasteiger partial charge is 0.304 e. The summed E-state index contributed by atoms with van der Waals surface area (Å²) in [6.45, 7) is 12.2. The molecule has 0 radical (unpaired) electrons. The molecule has 1 atom stereocenters. The lowest BCUT2D eigenvalue weighted by molar-refractivity contribution is -0.126. The molecule has 0 heterocycles. The molecule has 216 valence electrons. The minimum Gasteiger partial charge on any atom is -0.497 e. The molecule has 3 aromatic carbocycles. The number of benzene rings is 3. The number of hydrogen-bond donors (Lipinski definition) is 1. The van der Waals surface area contributed by atoms with Gasteiger partial charge in [0, 0.05) is 35.2 Å². The fourth-order valence-electron chi connectivity index (χ4n) is 4.97. The number of ether oxygens (including phenoxy) is 2. The Balaban J connectivity index is 2.21. The number of nitrogens with one attached hydrogen (secondary N) is 1. The van der Waals surface area contributed by atoms with Crippen LogP contribution < -0.4 is 19.7 Å². The van der Waals surface area contributed by atoms with Crippen LogP contribution in [0.25, 0.3) is 0 Å². The van der Waals surface area contributed by atoms with Crippen LogP contribution in [-0.4, -0.2) is 31.6 Å². The number of nitrogens with zero attached hydrogens (tertiary/aromatic N) is 1. The number of carbonyl (C=O) groups is 2. The summed E-state index contributed by atoms with van der Waals surface area (Å²) in [5.74, 6) is 4.97. The number of aryl methyl sites for hydroxylation is 1. The molecule has 0 aliphatic heterocycles. The summed E-state index contributed by atoms with van der Waals surface area (Å²) in [5.41, 5.74) is 1.83. The Labute approximate surface area is 242 Å². The number of hydrogen-bond acceptors (Lipinski definition) is 4. The van der Waals surface area contributed by atoms with Crippen molar-refractivity contribution in [3.05, 3.63) is 89.2 Å². The fourth-order valence-corrected chi connectivity index (χ4v) is 4.97. The van der Waals surface area contributed by atoms with E-state index in [4.69, 9.17) is 9.47 Å². The van der Waals surface area contributed by atoms with Crippen LogP contribution >= 0.6 is 0 Å². The van der Waals surface area contributed by atoms with E-state index in [2.05, 4.69) is 37.9 Å². The zero-order valence-corrected chi connectivity index (χ0v) is 25.1. The predicted octanol–water partition coefficient (Wildman–Crippen LogP) is 6.61. The van der Waals surface area contributed by atoms with Crippen molar-refractivity contribution >= 4 is 17.5 Å². The highest BCUT2D eigenvalue weighted by molar-refractivity contribution is 6.10. The molecule has 0 bridgehead atoms. The van der Waals surface area contributed by atoms with Gasteiger partial charge in [-0.2, -0.15) is 0 Å². The second-order valence-electron chi connectivity index (χ2n) is 11.9. The molecular formula is C34H39FN2O4. The maximum absolute atomic E-state index is 14.2. The number of anilines is 1. The second kappa shape index (κ2) is 12.9. The fraction of sp³-hybridized carbons (Fsp3) is 0.353. The standard InChI is InChI=1S/C34H39FN2O4/c1-23-9-14-25(15-10-23)31(32(39)36-34(5,6)22-33(2,3)4)37(27-19-28(40-7)21-29(20-27)41-8)30(38)18-13-24-11-16-26(35)17-12-24/h9-12,14-17,19-21,31H,22H2,1-8H3,(H,36,39). The molecule has 3 rings (SSSR count). The molecule has 0 fully saturated rings. The van der Waals surface area contributed by atoms with Crippen LogP contribution in [0.4, 0.5) is 10.1 Å². The molecule has 0 aromatic heterocycles. The van der Waals surface area contributed by atoms with Gasteiger partial charge in [0.15, 0.2) is 0 Å². The van der Waals surface area contributed by atoms with Crippen molar-refractivity contribution in [3.63, 3.8) is 0 Å². The Hall–Kier alpha value is -4.31. The first kappa shape index (κ1) is 31.2. The quantitative estimate of drug-likeness (QED) is 0.316. The van der Waals surface area contributed by atoms with Crippen molar-refractivity contribution in [3.8, 4) is 23.3 Å². The molecule has 2 amide bonds. The minimum absolute atomic E-state index is 0.0492. The Morgan fingerprint density at radius 1 is 0.902 bits per heavy atom. The second-order valence-corrected chi connectivity index (χ2v) is 11.9. The summed E-state index contributed by atoms with van der Waals surface area (Å²) < 4.78 is 24.4. The van der Waals surface area contributed by atoms with Crippen molar-refractivity contribution in [1.29, 1.82) is 0 Å². The van der Waals surface area contributed by atoms with Crippen molar-refractivity contribution in [1.82, 2.24) is 5.32 Å². The monoisotopic (exact) mass is 558 g/mol. The Kier molecular flexibility index (Phi) is 9.83. The van der Waals surface area contributed by atoms with Crippen molar-refractivity contribution < 1.29 is 23.5 Å². The number of carbonyl (C=O) groups excluding carboxylic acids is 2. The van der Waals surface area contributed by atoms with Gasteiger partial charge in [0.05, 0.1) is 19.9 Å². The van der Waals surface area contributed by atoms with E-state index in [1.54, 1.807) is 18.2 Å². The van der Waals surface area contributed by atoms with Crippen LogP contribution in [0.5, 0.6) is 11.5 Å². The van der Waals surface area contributed by atoms with Gasteiger partial charge in [0.2, 0.25) is 5.91 Å². The van der Waals surface area contributed by atoms with Crippen molar-refractivity contribution in [2.24, 2.45) is 5.41 Å². The van der Waals surface area contributed by atoms with Crippen LogP contribution in [0.2, 0.25) is 0 Å². The van der Waals surface area contributed by atoms with Crippen LogP contribution in [-0.2, 0) is 9.59 Å². The van der Waals surface area contributed by atoms with E-state index in [0.29, 0.717) is 34.7 Å². The van der Waals surface area contributed by atoms with Gasteiger partial charge < -0.3 is 14.8 Å². The van der Waals surface area contributed by atoms with Gasteiger partial charge >= 0.3 is 5.91 Å². The van der Waals surface area contributed by atoms with Crippen molar-refractivity contribution in [2.75, 3.05) is 19.1 Å². The van der Waals surface area contributed by atoms with Crippen LogP contribution in [0.1, 0.15) is 63.8 Å². The molecule has 7 heteroatoms. The van der Waals surface area contributed by atoms with Gasteiger partial charge in [-0.25, -0.2) is 4.39 Å². The number of methoxy groups -OCH3 is 2. The third kappa shape index (κ3) is 8.84. The lowest BCUT2D eigenvalue weighted by Crippen LogP contribution is -2.51. The zero-order valence-electron chi connectivity index (χ0n) is 25.1. The Morgan fingerprint density at radius 3 is 1.98 bits per heavy atom. The van der Waals surface area contributed by atoms with Crippen LogP contribution in [0.3, 0.4) is 0 Å². The maximum atomic E-state index is 14.2. The molecular weight excluding hydrogens is 519 g/mol. The summed E-state index contributed by atoms with van der Waals surface area (Å²) in [7, 11) is 3.02. The Bertz CT molecular complexity index is 1410. The molecule has 1 N–H and O–H groups in total. The highest BCUT2D eigenvalue weighted by atomic mass is 19.1. The van der Waals surface area contributed by atoms with E-state index in [1.165, 1.54) is 43.4 Å². The molecule has 3 aromatic rings. The summed E-state index contributed by atoms with van der Waals surface area (Å²) in [4.78, 5) is 29.5. The highest BCUT2D eigenvalue weighted by Crippen LogP contribution is 2.35. The number of amides is 2. The largest absolute Gasteiger partial charge is 0.497 e. The number of rotatable bonds is 8. The van der Waals surface area contributed by atoms with E-state index in [-0.39, 0.29) is 11.3 Å². The van der Waals surface area contributed by atoms with Gasteiger partial charge in [-0.15, -0.1) is 0 Å². The molecule has 0 saturated heterocycles. The lowest BCUT2D eigenvalue weighted by Gasteiger charge is -2.37. The molecule has 0 aliphatic carbocycles.